The van der Waals surface area contributed by atoms with Gasteiger partial charge in [0.2, 0.25) is 0 Å². The van der Waals surface area contributed by atoms with E-state index >= 15 is 0 Å². The molecule has 2 atom stereocenters. The van der Waals surface area contributed by atoms with Gasteiger partial charge in [0.25, 0.3) is 0 Å². The highest BCUT2D eigenvalue weighted by Crippen LogP contribution is 2.41. The van der Waals surface area contributed by atoms with Crippen LogP contribution >= 0.6 is 0 Å². The SMILES string of the molecule is CCCCCCCC(C)(C)c1ccc(C2CCCC(OC(C)=O)C2)c(OC(C)=O)c1. The van der Waals surface area contributed by atoms with Gasteiger partial charge in [0, 0.05) is 13.8 Å². The quantitative estimate of drug-likeness (QED) is 0.238. The van der Waals surface area contributed by atoms with Crippen LogP contribution in [0.4, 0.5) is 0 Å². The molecular formula is C26H40O4. The van der Waals surface area contributed by atoms with Crippen LogP contribution in [-0.4, -0.2) is 18.0 Å². The number of hydrogen-bond acceptors (Lipinski definition) is 4. The zero-order chi connectivity index (χ0) is 22.1. The van der Waals surface area contributed by atoms with Crippen LogP contribution in [0.25, 0.3) is 0 Å². The van der Waals surface area contributed by atoms with Gasteiger partial charge in [0.15, 0.2) is 0 Å². The molecule has 0 aromatic heterocycles. The number of carbonyl (C=O) groups is 2. The largest absolute Gasteiger partial charge is 0.463 e. The zero-order valence-electron chi connectivity index (χ0n) is 19.6. The number of hydrogen-bond donors (Lipinski definition) is 0. The van der Waals surface area contributed by atoms with Crippen molar-refractivity contribution in [2.75, 3.05) is 0 Å². The lowest BCUT2D eigenvalue weighted by atomic mass is 9.77. The van der Waals surface area contributed by atoms with Crippen molar-refractivity contribution in [2.24, 2.45) is 0 Å². The molecule has 4 heteroatoms. The summed E-state index contributed by atoms with van der Waals surface area (Å²) < 4.78 is 11.1. The van der Waals surface area contributed by atoms with Crippen molar-refractivity contribution in [3.8, 4) is 5.75 Å². The Hall–Kier alpha value is -1.84. The van der Waals surface area contributed by atoms with Crippen LogP contribution in [0.3, 0.4) is 0 Å². The number of carbonyl (C=O) groups excluding carboxylic acids is 2. The molecule has 0 aliphatic heterocycles. The third-order valence-corrected chi connectivity index (χ3v) is 6.35. The van der Waals surface area contributed by atoms with E-state index in [1.165, 1.54) is 51.5 Å². The van der Waals surface area contributed by atoms with Crippen molar-refractivity contribution < 1.29 is 19.1 Å². The molecule has 2 unspecified atom stereocenters. The summed E-state index contributed by atoms with van der Waals surface area (Å²) >= 11 is 0. The minimum absolute atomic E-state index is 0.0342. The summed E-state index contributed by atoms with van der Waals surface area (Å²) in [5, 5.41) is 0. The Labute approximate surface area is 182 Å². The minimum atomic E-state index is -0.293. The fraction of sp³-hybridized carbons (Fsp3) is 0.692. The van der Waals surface area contributed by atoms with Crippen LogP contribution < -0.4 is 4.74 Å². The molecule has 0 heterocycles. The Morgan fingerprint density at radius 2 is 1.77 bits per heavy atom. The van der Waals surface area contributed by atoms with Gasteiger partial charge >= 0.3 is 11.9 Å². The van der Waals surface area contributed by atoms with E-state index in [4.69, 9.17) is 9.47 Å². The van der Waals surface area contributed by atoms with Crippen molar-refractivity contribution in [1.29, 1.82) is 0 Å². The third-order valence-electron chi connectivity index (χ3n) is 6.35. The van der Waals surface area contributed by atoms with E-state index in [9.17, 15) is 9.59 Å². The second-order valence-corrected chi connectivity index (χ2v) is 9.49. The summed E-state index contributed by atoms with van der Waals surface area (Å²) in [6, 6.07) is 6.40. The molecule has 1 fully saturated rings. The molecule has 0 amide bonds. The molecule has 0 bridgehead atoms. The second-order valence-electron chi connectivity index (χ2n) is 9.49. The summed E-state index contributed by atoms with van der Waals surface area (Å²) in [6.45, 7) is 9.71. The molecule has 0 N–H and O–H groups in total. The van der Waals surface area contributed by atoms with E-state index in [1.807, 2.05) is 0 Å². The van der Waals surface area contributed by atoms with Gasteiger partial charge in [-0.3, -0.25) is 9.59 Å². The van der Waals surface area contributed by atoms with Crippen molar-refractivity contribution in [1.82, 2.24) is 0 Å². The van der Waals surface area contributed by atoms with E-state index in [2.05, 4.69) is 39.0 Å². The fourth-order valence-corrected chi connectivity index (χ4v) is 4.62. The Morgan fingerprint density at radius 3 is 2.43 bits per heavy atom. The van der Waals surface area contributed by atoms with Gasteiger partial charge in [-0.05, 0) is 60.6 Å². The predicted octanol–water partition coefficient (Wildman–Crippen LogP) is 6.84. The van der Waals surface area contributed by atoms with Gasteiger partial charge in [-0.1, -0.05) is 65.0 Å². The average Bonchev–Trinajstić information content (AvgIpc) is 2.67. The Bertz CT molecular complexity index is 707. The first kappa shape index (κ1) is 24.4. The van der Waals surface area contributed by atoms with Gasteiger partial charge in [0.05, 0.1) is 0 Å². The normalized spacial score (nSPS) is 19.4. The fourth-order valence-electron chi connectivity index (χ4n) is 4.62. The molecule has 168 valence electrons. The summed E-state index contributed by atoms with van der Waals surface area (Å²) in [5.74, 6) is 0.395. The van der Waals surface area contributed by atoms with E-state index < -0.39 is 0 Å². The monoisotopic (exact) mass is 416 g/mol. The maximum Gasteiger partial charge on any atom is 0.308 e. The summed E-state index contributed by atoms with van der Waals surface area (Å²) in [6.07, 6.45) is 11.1. The lowest BCUT2D eigenvalue weighted by molar-refractivity contribution is -0.148. The van der Waals surface area contributed by atoms with Crippen molar-refractivity contribution in [2.45, 2.75) is 116 Å². The van der Waals surface area contributed by atoms with Crippen LogP contribution in [-0.2, 0) is 19.7 Å². The summed E-state index contributed by atoms with van der Waals surface area (Å²) in [4.78, 5) is 23.2. The van der Waals surface area contributed by atoms with Crippen molar-refractivity contribution in [3.05, 3.63) is 29.3 Å². The lowest BCUT2D eigenvalue weighted by Gasteiger charge is -2.31. The van der Waals surface area contributed by atoms with E-state index in [1.54, 1.807) is 0 Å². The molecule has 4 nitrogen and oxygen atoms in total. The molecule has 30 heavy (non-hydrogen) atoms. The molecule has 2 rings (SSSR count). The Morgan fingerprint density at radius 1 is 1.03 bits per heavy atom. The van der Waals surface area contributed by atoms with Gasteiger partial charge in [0.1, 0.15) is 11.9 Å². The highest BCUT2D eigenvalue weighted by molar-refractivity contribution is 5.70. The lowest BCUT2D eigenvalue weighted by Crippen LogP contribution is -2.24. The topological polar surface area (TPSA) is 52.6 Å². The molecule has 0 radical (unpaired) electrons. The summed E-state index contributed by atoms with van der Waals surface area (Å²) in [7, 11) is 0. The maximum absolute atomic E-state index is 11.8. The number of benzene rings is 1. The first-order valence-electron chi connectivity index (χ1n) is 11.7. The van der Waals surface area contributed by atoms with E-state index in [0.717, 1.165) is 37.7 Å². The number of esters is 2. The first-order valence-corrected chi connectivity index (χ1v) is 11.7. The van der Waals surface area contributed by atoms with Crippen LogP contribution in [0.1, 0.15) is 116 Å². The van der Waals surface area contributed by atoms with E-state index in [-0.39, 0.29) is 29.4 Å². The second kappa shape index (κ2) is 11.5. The predicted molar refractivity (Wildman–Crippen MR) is 121 cm³/mol. The number of unbranched alkanes of at least 4 members (excludes halogenated alkanes) is 4. The molecule has 0 saturated heterocycles. The third kappa shape index (κ3) is 7.45. The standard InChI is InChI=1S/C26H40O4/c1-6-7-8-9-10-16-26(4,5)22-14-15-24(25(18-22)30-20(3)28)21-12-11-13-23(17-21)29-19(2)27/h14-15,18,21,23H,6-13,16-17H2,1-5H3. The minimum Gasteiger partial charge on any atom is -0.463 e. The molecule has 0 spiro atoms. The van der Waals surface area contributed by atoms with Crippen molar-refractivity contribution >= 4 is 11.9 Å². The molecular weight excluding hydrogens is 376 g/mol. The van der Waals surface area contributed by atoms with Crippen LogP contribution in [0.2, 0.25) is 0 Å². The van der Waals surface area contributed by atoms with Crippen molar-refractivity contribution in [3.63, 3.8) is 0 Å². The molecule has 1 aromatic carbocycles. The van der Waals surface area contributed by atoms with Crippen LogP contribution in [0.15, 0.2) is 18.2 Å². The van der Waals surface area contributed by atoms with Gasteiger partial charge < -0.3 is 9.47 Å². The zero-order valence-corrected chi connectivity index (χ0v) is 19.6. The highest BCUT2D eigenvalue weighted by atomic mass is 16.5. The molecule has 1 aliphatic carbocycles. The molecule has 1 aromatic rings. The highest BCUT2D eigenvalue weighted by Gasteiger charge is 2.29. The van der Waals surface area contributed by atoms with Crippen LogP contribution in [0, 0.1) is 0 Å². The van der Waals surface area contributed by atoms with Crippen LogP contribution in [0.5, 0.6) is 5.75 Å². The number of rotatable bonds is 10. The molecule has 1 saturated carbocycles. The van der Waals surface area contributed by atoms with Gasteiger partial charge in [-0.2, -0.15) is 0 Å². The van der Waals surface area contributed by atoms with Gasteiger partial charge in [-0.25, -0.2) is 0 Å². The maximum atomic E-state index is 11.8. The average molecular weight is 417 g/mol. The summed E-state index contributed by atoms with van der Waals surface area (Å²) in [5.41, 5.74) is 2.31. The smallest absolute Gasteiger partial charge is 0.308 e. The molecule has 1 aliphatic rings. The van der Waals surface area contributed by atoms with E-state index in [0.29, 0.717) is 5.75 Å². The van der Waals surface area contributed by atoms with Gasteiger partial charge in [-0.15, -0.1) is 0 Å². The first-order chi connectivity index (χ1) is 14.2. The Balaban J connectivity index is 2.17. The Kier molecular flexibility index (Phi) is 9.38. The number of ether oxygens (including phenoxy) is 2.